The first-order valence-corrected chi connectivity index (χ1v) is 16.7. The topological polar surface area (TPSA) is 99.5 Å². The Labute approximate surface area is 285 Å². The monoisotopic (exact) mass is 659 g/mol. The van der Waals surface area contributed by atoms with E-state index in [1.165, 1.54) is 0 Å². The minimum absolute atomic E-state index is 0.0694. The van der Waals surface area contributed by atoms with Crippen molar-refractivity contribution in [1.29, 1.82) is 0 Å². The van der Waals surface area contributed by atoms with E-state index >= 15 is 0 Å². The van der Waals surface area contributed by atoms with Gasteiger partial charge in [0.2, 0.25) is 0 Å². The first kappa shape index (κ1) is 32.4. The third-order valence-corrected chi connectivity index (χ3v) is 8.77. The van der Waals surface area contributed by atoms with Crippen LogP contribution in [0.25, 0.3) is 27.3 Å². The van der Waals surface area contributed by atoms with Crippen LogP contribution in [0.1, 0.15) is 43.2 Å². The first-order valence-electron chi connectivity index (χ1n) is 16.7. The summed E-state index contributed by atoms with van der Waals surface area (Å²) in [5.41, 5.74) is 3.76. The smallest absolute Gasteiger partial charge is 0.256 e. The van der Waals surface area contributed by atoms with Gasteiger partial charge in [0.15, 0.2) is 11.5 Å². The summed E-state index contributed by atoms with van der Waals surface area (Å²) in [5.74, 6) is 2.35. The van der Waals surface area contributed by atoms with Crippen molar-refractivity contribution in [3.8, 4) is 23.0 Å². The number of carbonyl (C=O) groups is 1. The molecule has 0 spiro atoms. The number of nitrogens with one attached hydrogen (secondary N) is 1. The number of aromatic nitrogens is 3. The van der Waals surface area contributed by atoms with Crippen LogP contribution in [0.3, 0.4) is 0 Å². The standard InChI is InChI=1S/C39H41N5O5/c1-39(2,3)36-25-44-24-27(9-12-37(44)42-36)41-38(45)30-8-5-7-26-21-28(10-11-29(26)30)49-33-13-14-40-32-23-35(34(46-4)22-31(32)33)48-18-6-15-43-16-19-47-20-17-43/h5,7-14,21-25H,6,15-20H2,1-4H3,(H,41,45). The fourth-order valence-corrected chi connectivity index (χ4v) is 6.06. The fraction of sp³-hybridized carbons (Fsp3) is 0.308. The number of anilines is 1. The van der Waals surface area contributed by atoms with Gasteiger partial charge in [-0.05, 0) is 65.7 Å². The van der Waals surface area contributed by atoms with E-state index < -0.39 is 0 Å². The molecule has 0 bridgehead atoms. The molecule has 0 unspecified atom stereocenters. The molecule has 0 atom stereocenters. The molecule has 0 radical (unpaired) electrons. The summed E-state index contributed by atoms with van der Waals surface area (Å²) in [6.45, 7) is 11.4. The van der Waals surface area contributed by atoms with Crippen LogP contribution in [0.15, 0.2) is 85.3 Å². The SMILES string of the molecule is COc1cc2c(Oc3ccc4c(C(=O)Nc5ccc6nc(C(C)(C)C)cn6c5)cccc4c3)ccnc2cc1OCCCN1CCOCC1. The van der Waals surface area contributed by atoms with Crippen LogP contribution in [0.2, 0.25) is 0 Å². The Hall–Kier alpha value is -5.19. The highest BCUT2D eigenvalue weighted by Gasteiger charge is 2.19. The number of benzene rings is 3. The van der Waals surface area contributed by atoms with Gasteiger partial charge in [0.1, 0.15) is 17.1 Å². The van der Waals surface area contributed by atoms with Crippen LogP contribution in [0.5, 0.6) is 23.0 Å². The lowest BCUT2D eigenvalue weighted by atomic mass is 9.93. The fourth-order valence-electron chi connectivity index (χ4n) is 6.06. The molecule has 10 nitrogen and oxygen atoms in total. The Bertz CT molecular complexity index is 2130. The van der Waals surface area contributed by atoms with Gasteiger partial charge in [-0.1, -0.05) is 32.9 Å². The lowest BCUT2D eigenvalue weighted by Crippen LogP contribution is -2.37. The molecule has 10 heteroatoms. The molecule has 7 rings (SSSR count). The Morgan fingerprint density at radius 2 is 1.80 bits per heavy atom. The van der Waals surface area contributed by atoms with Crippen molar-refractivity contribution >= 4 is 38.9 Å². The zero-order valence-corrected chi connectivity index (χ0v) is 28.4. The van der Waals surface area contributed by atoms with Crippen molar-refractivity contribution in [1.82, 2.24) is 19.3 Å². The van der Waals surface area contributed by atoms with Crippen molar-refractivity contribution in [3.63, 3.8) is 0 Å². The van der Waals surface area contributed by atoms with E-state index in [4.69, 9.17) is 23.9 Å². The minimum atomic E-state index is -0.193. The van der Waals surface area contributed by atoms with Gasteiger partial charge in [0.05, 0.1) is 43.8 Å². The summed E-state index contributed by atoms with van der Waals surface area (Å²) >= 11 is 0. The number of rotatable bonds is 10. The van der Waals surface area contributed by atoms with E-state index in [2.05, 4.69) is 36.0 Å². The number of pyridine rings is 2. The van der Waals surface area contributed by atoms with Crippen molar-refractivity contribution in [2.24, 2.45) is 0 Å². The summed E-state index contributed by atoms with van der Waals surface area (Å²) in [4.78, 5) is 25.2. The van der Waals surface area contributed by atoms with E-state index in [1.54, 1.807) is 13.3 Å². The highest BCUT2D eigenvalue weighted by atomic mass is 16.5. The van der Waals surface area contributed by atoms with E-state index in [1.807, 2.05) is 83.5 Å². The van der Waals surface area contributed by atoms with Crippen molar-refractivity contribution in [2.75, 3.05) is 51.9 Å². The molecule has 0 aliphatic carbocycles. The minimum Gasteiger partial charge on any atom is -0.493 e. The van der Waals surface area contributed by atoms with Gasteiger partial charge in [-0.25, -0.2) is 4.98 Å². The van der Waals surface area contributed by atoms with Crippen LogP contribution in [-0.2, 0) is 10.2 Å². The van der Waals surface area contributed by atoms with Gasteiger partial charge >= 0.3 is 0 Å². The number of amides is 1. The molecule has 3 aromatic heterocycles. The van der Waals surface area contributed by atoms with Gasteiger partial charge < -0.3 is 28.7 Å². The Balaban J connectivity index is 1.07. The molecule has 3 aromatic carbocycles. The zero-order chi connectivity index (χ0) is 34.0. The van der Waals surface area contributed by atoms with E-state index in [0.29, 0.717) is 40.9 Å². The van der Waals surface area contributed by atoms with Gasteiger partial charge in [-0.2, -0.15) is 0 Å². The Morgan fingerprint density at radius 1 is 0.939 bits per heavy atom. The number of carbonyl (C=O) groups excluding carboxylic acids is 1. The maximum atomic E-state index is 13.5. The summed E-state index contributed by atoms with van der Waals surface area (Å²) in [5, 5.41) is 5.57. The molecular formula is C39H41N5O5. The van der Waals surface area contributed by atoms with Crippen molar-refractivity contribution in [3.05, 3.63) is 96.6 Å². The Kier molecular flexibility index (Phi) is 9.07. The first-order chi connectivity index (χ1) is 23.7. The predicted molar refractivity (Wildman–Crippen MR) is 192 cm³/mol. The maximum absolute atomic E-state index is 13.5. The third-order valence-electron chi connectivity index (χ3n) is 8.77. The molecule has 4 heterocycles. The molecule has 1 aliphatic rings. The molecule has 49 heavy (non-hydrogen) atoms. The normalized spacial score (nSPS) is 14.0. The van der Waals surface area contributed by atoms with Crippen LogP contribution in [0, 0.1) is 0 Å². The molecule has 1 amide bonds. The summed E-state index contributed by atoms with van der Waals surface area (Å²) < 4.78 is 25.6. The molecule has 1 aliphatic heterocycles. The van der Waals surface area contributed by atoms with Crippen molar-refractivity contribution in [2.45, 2.75) is 32.6 Å². The number of imidazole rings is 1. The molecule has 1 N–H and O–H groups in total. The van der Waals surface area contributed by atoms with Gasteiger partial charge in [0.25, 0.3) is 5.91 Å². The molecule has 1 fully saturated rings. The second-order valence-corrected chi connectivity index (χ2v) is 13.3. The Morgan fingerprint density at radius 3 is 2.61 bits per heavy atom. The number of hydrogen-bond donors (Lipinski definition) is 1. The maximum Gasteiger partial charge on any atom is 0.256 e. The highest BCUT2D eigenvalue weighted by molar-refractivity contribution is 6.13. The largest absolute Gasteiger partial charge is 0.493 e. The average Bonchev–Trinajstić information content (AvgIpc) is 3.55. The van der Waals surface area contributed by atoms with Gasteiger partial charge in [-0.3, -0.25) is 14.7 Å². The third kappa shape index (κ3) is 7.16. The molecular weight excluding hydrogens is 618 g/mol. The van der Waals surface area contributed by atoms with E-state index in [9.17, 15) is 4.79 Å². The highest BCUT2D eigenvalue weighted by Crippen LogP contribution is 2.38. The van der Waals surface area contributed by atoms with E-state index in [0.717, 1.165) is 72.3 Å². The number of morpholine rings is 1. The number of hydrogen-bond acceptors (Lipinski definition) is 8. The predicted octanol–water partition coefficient (Wildman–Crippen LogP) is 7.49. The van der Waals surface area contributed by atoms with Crippen LogP contribution in [-0.4, -0.2) is 71.7 Å². The average molecular weight is 660 g/mol. The van der Waals surface area contributed by atoms with Gasteiger partial charge in [-0.15, -0.1) is 0 Å². The summed E-state index contributed by atoms with van der Waals surface area (Å²) in [7, 11) is 1.63. The number of fused-ring (bicyclic) bond motifs is 3. The number of methoxy groups -OCH3 is 1. The van der Waals surface area contributed by atoms with E-state index in [-0.39, 0.29) is 11.3 Å². The summed E-state index contributed by atoms with van der Waals surface area (Å²) in [6, 6.07) is 20.8. The lowest BCUT2D eigenvalue weighted by Gasteiger charge is -2.26. The lowest BCUT2D eigenvalue weighted by molar-refractivity contribution is 0.0357. The zero-order valence-electron chi connectivity index (χ0n) is 28.4. The molecule has 6 aromatic rings. The number of nitrogens with zero attached hydrogens (tertiary/aromatic N) is 4. The molecule has 0 saturated carbocycles. The second-order valence-electron chi connectivity index (χ2n) is 13.3. The van der Waals surface area contributed by atoms with Gasteiger partial charge in [0, 0.05) is 60.7 Å². The number of ether oxygens (including phenoxy) is 4. The molecule has 1 saturated heterocycles. The van der Waals surface area contributed by atoms with Crippen LogP contribution >= 0.6 is 0 Å². The van der Waals surface area contributed by atoms with Crippen LogP contribution < -0.4 is 19.5 Å². The molecule has 252 valence electrons. The summed E-state index contributed by atoms with van der Waals surface area (Å²) in [6.07, 6.45) is 6.53. The quantitative estimate of drug-likeness (QED) is 0.151. The van der Waals surface area contributed by atoms with Crippen LogP contribution in [0.4, 0.5) is 5.69 Å². The second kappa shape index (κ2) is 13.7. The van der Waals surface area contributed by atoms with Crippen molar-refractivity contribution < 1.29 is 23.7 Å².